The molecule has 1 amide bonds. The molecule has 9 heteroatoms. The van der Waals surface area contributed by atoms with Gasteiger partial charge in [-0.2, -0.15) is 0 Å². The normalized spacial score (nSPS) is 20.9. The number of nitrogens with one attached hydrogen (secondary N) is 2. The molecule has 0 saturated heterocycles. The van der Waals surface area contributed by atoms with Gasteiger partial charge in [-0.3, -0.25) is 4.79 Å². The number of carbonyl (C=O) groups excluding carboxylic acids is 1. The summed E-state index contributed by atoms with van der Waals surface area (Å²) in [6.07, 6.45) is 0.396. The van der Waals surface area contributed by atoms with Crippen molar-refractivity contribution < 1.29 is 23.1 Å². The lowest BCUT2D eigenvalue weighted by molar-refractivity contribution is -0.126. The molecule has 1 aliphatic heterocycles. The summed E-state index contributed by atoms with van der Waals surface area (Å²) in [5, 5.41) is 14.3. The summed E-state index contributed by atoms with van der Waals surface area (Å²) in [7, 11) is -3.76. The highest BCUT2D eigenvalue weighted by Gasteiger charge is 2.48. The molecule has 0 spiro atoms. The summed E-state index contributed by atoms with van der Waals surface area (Å²) in [5.74, 6) is -0.986. The van der Waals surface area contributed by atoms with E-state index in [1.807, 2.05) is 30.3 Å². The number of sulfonamides is 1. The molecule has 0 radical (unpaired) electrons. The van der Waals surface area contributed by atoms with Gasteiger partial charge < -0.3 is 15.2 Å². The van der Waals surface area contributed by atoms with E-state index in [-0.39, 0.29) is 0 Å². The Morgan fingerprint density at radius 3 is 2.55 bits per heavy atom. The number of ether oxygens (including phenoxy) is 1. The monoisotopic (exact) mass is 466 g/mol. The van der Waals surface area contributed by atoms with Crippen LogP contribution in [0.5, 0.6) is 5.75 Å². The third kappa shape index (κ3) is 5.77. The van der Waals surface area contributed by atoms with E-state index in [9.17, 15) is 18.3 Å². The maximum Gasteiger partial charge on any atom is 0.238 e. The number of hydrogen-bond acceptors (Lipinski definition) is 5. The lowest BCUT2D eigenvalue weighted by Crippen LogP contribution is -2.59. The quantitative estimate of drug-likeness (QED) is 0.580. The first kappa shape index (κ1) is 23.5. The van der Waals surface area contributed by atoms with Crippen LogP contribution in [0.4, 0.5) is 0 Å². The smallest absolute Gasteiger partial charge is 0.238 e. The van der Waals surface area contributed by atoms with Crippen LogP contribution in [0.25, 0.3) is 0 Å². The van der Waals surface area contributed by atoms with Gasteiger partial charge in [0.1, 0.15) is 23.5 Å². The van der Waals surface area contributed by atoms with Crippen LogP contribution in [-0.4, -0.2) is 50.0 Å². The number of halogens is 1. The molecule has 3 rings (SSSR count). The van der Waals surface area contributed by atoms with Crippen molar-refractivity contribution in [2.24, 2.45) is 0 Å². The Morgan fingerprint density at radius 2 is 1.90 bits per heavy atom. The van der Waals surface area contributed by atoms with E-state index in [0.717, 1.165) is 11.8 Å². The van der Waals surface area contributed by atoms with Crippen LogP contribution in [-0.2, 0) is 21.2 Å². The first-order valence-corrected chi connectivity index (χ1v) is 12.2. The minimum atomic E-state index is -3.76. The van der Waals surface area contributed by atoms with E-state index < -0.39 is 39.6 Å². The van der Waals surface area contributed by atoms with Crippen molar-refractivity contribution in [3.05, 3.63) is 64.7 Å². The molecule has 0 aliphatic carbocycles. The van der Waals surface area contributed by atoms with Gasteiger partial charge in [0.05, 0.1) is 6.26 Å². The number of fused-ring (bicyclic) bond motifs is 1. The molecule has 1 aliphatic rings. The van der Waals surface area contributed by atoms with E-state index in [1.54, 1.807) is 32.0 Å². The van der Waals surface area contributed by atoms with Crippen LogP contribution in [0.1, 0.15) is 30.9 Å². The van der Waals surface area contributed by atoms with E-state index >= 15 is 0 Å². The Kier molecular flexibility index (Phi) is 6.95. The van der Waals surface area contributed by atoms with Gasteiger partial charge in [0.15, 0.2) is 0 Å². The molecular formula is C22H27ClN2O5S. The van der Waals surface area contributed by atoms with Crippen molar-refractivity contribution >= 4 is 27.5 Å². The third-order valence-electron chi connectivity index (χ3n) is 5.29. The maximum absolute atomic E-state index is 13.1. The topological polar surface area (TPSA) is 105 Å². The fraction of sp³-hybridized carbons (Fsp3) is 0.409. The molecule has 31 heavy (non-hydrogen) atoms. The average Bonchev–Trinajstić information content (AvgIpc) is 2.68. The predicted octanol–water partition coefficient (Wildman–Crippen LogP) is 2.23. The summed E-state index contributed by atoms with van der Waals surface area (Å²) >= 11 is 6.15. The number of rotatable bonds is 7. The summed E-state index contributed by atoms with van der Waals surface area (Å²) in [5.41, 5.74) is 0.464. The number of amides is 1. The molecule has 0 bridgehead atoms. The molecule has 3 atom stereocenters. The number of aliphatic hydroxyl groups is 1. The lowest BCUT2D eigenvalue weighted by atomic mass is 9.77. The Balaban J connectivity index is 1.91. The third-order valence-corrected chi connectivity index (χ3v) is 6.21. The number of aliphatic hydroxyl groups excluding tert-OH is 1. The molecule has 0 fully saturated rings. The first-order chi connectivity index (χ1) is 14.5. The molecular weight excluding hydrogens is 440 g/mol. The highest BCUT2D eigenvalue weighted by Crippen LogP contribution is 2.44. The zero-order valence-corrected chi connectivity index (χ0v) is 19.2. The van der Waals surface area contributed by atoms with Crippen LogP contribution in [0, 0.1) is 0 Å². The zero-order valence-electron chi connectivity index (χ0n) is 17.6. The van der Waals surface area contributed by atoms with Crippen molar-refractivity contribution in [3.8, 4) is 5.75 Å². The van der Waals surface area contributed by atoms with Gasteiger partial charge in [-0.1, -0.05) is 41.9 Å². The molecule has 2 aromatic carbocycles. The Hall–Kier alpha value is -2.13. The summed E-state index contributed by atoms with van der Waals surface area (Å²) in [6, 6.07) is 13.3. The Bertz CT molecular complexity index is 1040. The predicted molar refractivity (Wildman–Crippen MR) is 120 cm³/mol. The number of benzene rings is 2. The van der Waals surface area contributed by atoms with Crippen LogP contribution in [0.3, 0.4) is 0 Å². The fourth-order valence-electron chi connectivity index (χ4n) is 3.79. The molecule has 0 aromatic heterocycles. The number of carbonyl (C=O) groups is 1. The van der Waals surface area contributed by atoms with Gasteiger partial charge in [0, 0.05) is 23.0 Å². The van der Waals surface area contributed by atoms with Crippen molar-refractivity contribution in [2.75, 3.05) is 12.8 Å². The van der Waals surface area contributed by atoms with Crippen LogP contribution in [0.2, 0.25) is 5.02 Å². The van der Waals surface area contributed by atoms with E-state index in [2.05, 4.69) is 10.0 Å². The second-order valence-corrected chi connectivity index (χ2v) is 10.5. The minimum Gasteiger partial charge on any atom is -0.485 e. The molecule has 2 aromatic rings. The maximum atomic E-state index is 13.1. The van der Waals surface area contributed by atoms with Crippen molar-refractivity contribution in [3.63, 3.8) is 0 Å². The van der Waals surface area contributed by atoms with E-state index in [1.165, 1.54) is 0 Å². The SMILES string of the molecule is CC1(C)Oc2ccc(Cl)cc2C(C(NS(C)(=O)=O)C(=O)NCCc2ccccc2)C1O. The lowest BCUT2D eigenvalue weighted by Gasteiger charge is -2.44. The zero-order chi connectivity index (χ0) is 22.8. The van der Waals surface area contributed by atoms with E-state index in [4.69, 9.17) is 16.3 Å². The minimum absolute atomic E-state index is 0.315. The van der Waals surface area contributed by atoms with Crippen molar-refractivity contribution in [1.82, 2.24) is 10.0 Å². The van der Waals surface area contributed by atoms with Gasteiger partial charge in [-0.25, -0.2) is 13.1 Å². The molecule has 3 unspecified atom stereocenters. The molecule has 3 N–H and O–H groups in total. The summed E-state index contributed by atoms with van der Waals surface area (Å²) in [6.45, 7) is 3.69. The Morgan fingerprint density at radius 1 is 1.23 bits per heavy atom. The fourth-order valence-corrected chi connectivity index (χ4v) is 4.68. The molecule has 1 heterocycles. The Labute approximate surface area is 187 Å². The second kappa shape index (κ2) is 9.16. The highest BCUT2D eigenvalue weighted by molar-refractivity contribution is 7.88. The van der Waals surface area contributed by atoms with Gasteiger partial charge in [0.25, 0.3) is 0 Å². The first-order valence-electron chi connectivity index (χ1n) is 9.93. The average molecular weight is 467 g/mol. The summed E-state index contributed by atoms with van der Waals surface area (Å²) < 4.78 is 32.5. The standard InChI is InChI=1S/C22H27ClN2O5S/c1-22(2)20(26)18(16-13-15(23)9-10-17(16)30-22)19(25-31(3,28)29)21(27)24-12-11-14-7-5-4-6-8-14/h4-10,13,18-20,25-26H,11-12H2,1-3H3,(H,24,27). The van der Waals surface area contributed by atoms with Crippen molar-refractivity contribution in [1.29, 1.82) is 0 Å². The van der Waals surface area contributed by atoms with Crippen LogP contribution < -0.4 is 14.8 Å². The molecule has 7 nitrogen and oxygen atoms in total. The number of hydrogen-bond donors (Lipinski definition) is 3. The highest BCUT2D eigenvalue weighted by atomic mass is 35.5. The molecule has 0 saturated carbocycles. The summed E-state index contributed by atoms with van der Waals surface area (Å²) in [4.78, 5) is 13.1. The van der Waals surface area contributed by atoms with Gasteiger partial charge >= 0.3 is 0 Å². The van der Waals surface area contributed by atoms with Gasteiger partial charge in [-0.15, -0.1) is 0 Å². The van der Waals surface area contributed by atoms with Gasteiger partial charge in [0.2, 0.25) is 15.9 Å². The van der Waals surface area contributed by atoms with Crippen molar-refractivity contribution in [2.45, 2.75) is 43.9 Å². The van der Waals surface area contributed by atoms with Gasteiger partial charge in [-0.05, 0) is 44.0 Å². The van der Waals surface area contributed by atoms with Crippen LogP contribution in [0.15, 0.2) is 48.5 Å². The van der Waals surface area contributed by atoms with E-state index in [0.29, 0.717) is 29.3 Å². The van der Waals surface area contributed by atoms with Crippen LogP contribution >= 0.6 is 11.6 Å². The largest absolute Gasteiger partial charge is 0.485 e. The molecule has 168 valence electrons. The second-order valence-electron chi connectivity index (χ2n) is 8.25.